The average molecular weight is 372 g/mol. The summed E-state index contributed by atoms with van der Waals surface area (Å²) in [5.74, 6) is -1.27. The molecule has 1 unspecified atom stereocenters. The van der Waals surface area contributed by atoms with Crippen molar-refractivity contribution in [2.75, 3.05) is 6.61 Å². The minimum Gasteiger partial charge on any atom is -0.477 e. The number of carboxylic acids is 1. The number of sulfonamides is 1. The second-order valence-electron chi connectivity index (χ2n) is 4.21. The average Bonchev–Trinajstić information content (AvgIpc) is 2.68. The van der Waals surface area contributed by atoms with E-state index in [0.717, 1.165) is 17.4 Å². The zero-order valence-electron chi connectivity index (χ0n) is 10.3. The number of aliphatic hydroxyl groups excluding tert-OH is 1. The van der Waals surface area contributed by atoms with Gasteiger partial charge in [0.05, 0.1) is 10.4 Å². The molecule has 0 amide bonds. The molecule has 0 radical (unpaired) electrons. The number of aliphatic hydroxyl groups is 1. The summed E-state index contributed by atoms with van der Waals surface area (Å²) in [6.07, 6.45) is 0. The molecule has 0 spiro atoms. The van der Waals surface area contributed by atoms with E-state index in [1.54, 1.807) is 13.8 Å². The number of hydrogen-bond acceptors (Lipinski definition) is 5. The van der Waals surface area contributed by atoms with Crippen LogP contribution in [0.2, 0.25) is 0 Å². The second kappa shape index (κ2) is 6.31. The number of thiophene rings is 1. The van der Waals surface area contributed by atoms with Crippen LogP contribution in [0.3, 0.4) is 0 Å². The highest BCUT2D eigenvalue weighted by Gasteiger charge is 2.26. The molecule has 0 aliphatic carbocycles. The normalized spacial score (nSPS) is 13.7. The molecule has 0 saturated carbocycles. The molecule has 19 heavy (non-hydrogen) atoms. The van der Waals surface area contributed by atoms with Gasteiger partial charge >= 0.3 is 5.97 Å². The summed E-state index contributed by atoms with van der Waals surface area (Å²) in [7, 11) is -3.87. The van der Waals surface area contributed by atoms with Crippen molar-refractivity contribution in [3.05, 3.63) is 14.7 Å². The Kier molecular flexibility index (Phi) is 5.51. The van der Waals surface area contributed by atoms with Crippen LogP contribution in [-0.2, 0) is 10.0 Å². The molecule has 108 valence electrons. The lowest BCUT2D eigenvalue weighted by atomic mass is 10.1. The molecule has 0 fully saturated rings. The Morgan fingerprint density at radius 2 is 2.11 bits per heavy atom. The third kappa shape index (κ3) is 3.99. The third-order valence-corrected chi connectivity index (χ3v) is 6.19. The van der Waals surface area contributed by atoms with Crippen LogP contribution in [0, 0.1) is 5.92 Å². The minimum atomic E-state index is -3.87. The summed E-state index contributed by atoms with van der Waals surface area (Å²) in [6.45, 7) is 3.22. The van der Waals surface area contributed by atoms with Gasteiger partial charge < -0.3 is 10.2 Å². The number of halogens is 1. The Labute approximate surface area is 123 Å². The molecule has 6 nitrogen and oxygen atoms in total. The molecule has 0 bridgehead atoms. The number of aromatic carboxylic acids is 1. The van der Waals surface area contributed by atoms with Crippen LogP contribution in [0.1, 0.15) is 23.5 Å². The maximum absolute atomic E-state index is 12.1. The monoisotopic (exact) mass is 371 g/mol. The standard InChI is InChI=1S/C10H14BrNO5S2/c1-5(2)6(4-13)12-19(16,17)8-3-7(10(14)15)18-9(8)11/h3,5-6,12-13H,4H2,1-2H3,(H,14,15). The molecule has 0 aliphatic heterocycles. The first-order chi connectivity index (χ1) is 8.69. The predicted molar refractivity (Wildman–Crippen MR) is 75.0 cm³/mol. The van der Waals surface area contributed by atoms with Crippen LogP contribution in [0.5, 0.6) is 0 Å². The van der Waals surface area contributed by atoms with Crippen molar-refractivity contribution in [2.24, 2.45) is 5.92 Å². The van der Waals surface area contributed by atoms with Crippen LogP contribution in [0.15, 0.2) is 14.7 Å². The van der Waals surface area contributed by atoms with Gasteiger partial charge in [0.1, 0.15) is 9.77 Å². The molecule has 1 heterocycles. The second-order valence-corrected chi connectivity index (χ2v) is 8.26. The van der Waals surface area contributed by atoms with Crippen molar-refractivity contribution in [1.29, 1.82) is 0 Å². The van der Waals surface area contributed by atoms with E-state index in [2.05, 4.69) is 20.7 Å². The SMILES string of the molecule is CC(C)C(CO)NS(=O)(=O)c1cc(C(=O)O)sc1Br. The van der Waals surface area contributed by atoms with Crippen LogP contribution in [-0.4, -0.2) is 37.2 Å². The number of nitrogens with one attached hydrogen (secondary N) is 1. The van der Waals surface area contributed by atoms with Crippen LogP contribution >= 0.6 is 27.3 Å². The van der Waals surface area contributed by atoms with Crippen molar-refractivity contribution in [3.8, 4) is 0 Å². The molecular weight excluding hydrogens is 358 g/mol. The molecule has 3 N–H and O–H groups in total. The van der Waals surface area contributed by atoms with Gasteiger partial charge in [-0.2, -0.15) is 0 Å². The van der Waals surface area contributed by atoms with Crippen LogP contribution in [0.25, 0.3) is 0 Å². The van der Waals surface area contributed by atoms with E-state index in [0.29, 0.717) is 0 Å². The highest BCUT2D eigenvalue weighted by Crippen LogP contribution is 2.31. The smallest absolute Gasteiger partial charge is 0.345 e. The van der Waals surface area contributed by atoms with E-state index in [1.165, 1.54) is 0 Å². The van der Waals surface area contributed by atoms with E-state index >= 15 is 0 Å². The Morgan fingerprint density at radius 1 is 1.53 bits per heavy atom. The number of carbonyl (C=O) groups is 1. The van der Waals surface area contributed by atoms with Gasteiger partial charge in [0.25, 0.3) is 0 Å². The summed E-state index contributed by atoms with van der Waals surface area (Å²) in [5.41, 5.74) is 0. The summed E-state index contributed by atoms with van der Waals surface area (Å²) in [5, 5.41) is 18.0. The molecule has 0 aromatic carbocycles. The van der Waals surface area contributed by atoms with E-state index in [-0.39, 0.29) is 26.1 Å². The van der Waals surface area contributed by atoms with Gasteiger partial charge in [-0.05, 0) is 27.9 Å². The van der Waals surface area contributed by atoms with Crippen LogP contribution < -0.4 is 4.72 Å². The van der Waals surface area contributed by atoms with Crippen molar-refractivity contribution in [3.63, 3.8) is 0 Å². The number of rotatable bonds is 6. The molecule has 1 aromatic rings. The largest absolute Gasteiger partial charge is 0.477 e. The molecule has 0 saturated heterocycles. The minimum absolute atomic E-state index is 0.0719. The molecule has 1 aromatic heterocycles. The summed E-state index contributed by atoms with van der Waals surface area (Å²) in [4.78, 5) is 10.6. The fourth-order valence-corrected chi connectivity index (χ4v) is 5.07. The third-order valence-electron chi connectivity index (χ3n) is 2.46. The Morgan fingerprint density at radius 3 is 2.47 bits per heavy atom. The van der Waals surface area contributed by atoms with Gasteiger partial charge in [0.2, 0.25) is 10.0 Å². The summed E-state index contributed by atoms with van der Waals surface area (Å²) in [6, 6.07) is 0.471. The highest BCUT2D eigenvalue weighted by molar-refractivity contribution is 9.11. The first-order valence-electron chi connectivity index (χ1n) is 5.35. The van der Waals surface area contributed by atoms with Crippen molar-refractivity contribution in [1.82, 2.24) is 4.72 Å². The fraction of sp³-hybridized carbons (Fsp3) is 0.500. The van der Waals surface area contributed by atoms with Gasteiger partial charge in [0, 0.05) is 6.04 Å². The maximum atomic E-state index is 12.1. The Balaban J connectivity index is 3.10. The van der Waals surface area contributed by atoms with Gasteiger partial charge in [-0.25, -0.2) is 17.9 Å². The van der Waals surface area contributed by atoms with Gasteiger partial charge in [0.15, 0.2) is 0 Å². The van der Waals surface area contributed by atoms with Gasteiger partial charge in [-0.3, -0.25) is 0 Å². The lowest BCUT2D eigenvalue weighted by Crippen LogP contribution is -2.41. The first-order valence-corrected chi connectivity index (χ1v) is 8.44. The van der Waals surface area contributed by atoms with Gasteiger partial charge in [-0.15, -0.1) is 11.3 Å². The zero-order valence-corrected chi connectivity index (χ0v) is 13.5. The van der Waals surface area contributed by atoms with E-state index in [4.69, 9.17) is 10.2 Å². The topological polar surface area (TPSA) is 104 Å². The number of hydrogen-bond donors (Lipinski definition) is 3. The molecule has 1 atom stereocenters. The maximum Gasteiger partial charge on any atom is 0.345 e. The summed E-state index contributed by atoms with van der Waals surface area (Å²) >= 11 is 3.87. The lowest BCUT2D eigenvalue weighted by Gasteiger charge is -2.19. The fourth-order valence-electron chi connectivity index (χ4n) is 1.29. The van der Waals surface area contributed by atoms with E-state index in [1.807, 2.05) is 0 Å². The van der Waals surface area contributed by atoms with E-state index in [9.17, 15) is 13.2 Å². The van der Waals surface area contributed by atoms with Crippen LogP contribution in [0.4, 0.5) is 0 Å². The quantitative estimate of drug-likeness (QED) is 0.702. The molecular formula is C10H14BrNO5S2. The summed E-state index contributed by atoms with van der Waals surface area (Å²) < 4.78 is 26.8. The first kappa shape index (κ1) is 16.6. The zero-order chi connectivity index (χ0) is 14.8. The predicted octanol–water partition coefficient (Wildman–Crippen LogP) is 1.50. The lowest BCUT2D eigenvalue weighted by molar-refractivity contribution is 0.0702. The van der Waals surface area contributed by atoms with E-state index < -0.39 is 22.0 Å². The highest BCUT2D eigenvalue weighted by atomic mass is 79.9. The molecule has 9 heteroatoms. The van der Waals surface area contributed by atoms with Crippen molar-refractivity contribution < 1.29 is 23.4 Å². The Hall–Kier alpha value is -0.480. The number of carboxylic acid groups (broad SMARTS) is 1. The Bertz CT molecular complexity index is 566. The van der Waals surface area contributed by atoms with Crippen molar-refractivity contribution >= 4 is 43.3 Å². The molecule has 1 rings (SSSR count). The van der Waals surface area contributed by atoms with Crippen molar-refractivity contribution in [2.45, 2.75) is 24.8 Å². The van der Waals surface area contributed by atoms with Gasteiger partial charge in [-0.1, -0.05) is 13.8 Å². The molecule has 0 aliphatic rings.